The van der Waals surface area contributed by atoms with E-state index < -0.39 is 23.2 Å². The molecular weight excluding hydrogens is 452 g/mol. The van der Waals surface area contributed by atoms with E-state index in [0.29, 0.717) is 11.4 Å². The molecule has 2 bridgehead atoms. The Bertz CT molecular complexity index is 1450. The zero-order valence-electron chi connectivity index (χ0n) is 19.5. The van der Waals surface area contributed by atoms with E-state index in [2.05, 4.69) is 34.0 Å². The summed E-state index contributed by atoms with van der Waals surface area (Å²) in [6.45, 7) is 5.95. The predicted molar refractivity (Wildman–Crippen MR) is 122 cm³/mol. The van der Waals surface area contributed by atoms with Gasteiger partial charge in [-0.1, -0.05) is 19.9 Å². The van der Waals surface area contributed by atoms with Crippen LogP contribution in [0.3, 0.4) is 0 Å². The molecule has 1 saturated carbocycles. The number of hydrogen-bond acceptors (Lipinski definition) is 7. The van der Waals surface area contributed by atoms with Crippen molar-refractivity contribution in [3.8, 4) is 22.8 Å². The Hall–Kier alpha value is -3.59. The van der Waals surface area contributed by atoms with Crippen molar-refractivity contribution >= 4 is 0 Å². The SMILES string of the molecule is C[C@H](O)c1coc(-c2cncc([C@@]34CC[C@@H](c5cc(-c6c(F)cccc6F)nnc53)C4(C)C)n2)n1. The molecule has 0 saturated heterocycles. The minimum Gasteiger partial charge on any atom is -0.443 e. The fraction of sp³-hybridized carbons (Fsp3) is 0.346. The Morgan fingerprint density at radius 1 is 1.09 bits per heavy atom. The van der Waals surface area contributed by atoms with Crippen molar-refractivity contribution in [2.75, 3.05) is 0 Å². The van der Waals surface area contributed by atoms with Crippen LogP contribution in [0.4, 0.5) is 8.78 Å². The quantitative estimate of drug-likeness (QED) is 0.437. The van der Waals surface area contributed by atoms with Gasteiger partial charge in [-0.15, -0.1) is 5.10 Å². The number of benzene rings is 1. The van der Waals surface area contributed by atoms with Gasteiger partial charge in [-0.2, -0.15) is 5.10 Å². The lowest BCUT2D eigenvalue weighted by Crippen LogP contribution is -2.38. The van der Waals surface area contributed by atoms with E-state index in [1.165, 1.54) is 24.5 Å². The maximum Gasteiger partial charge on any atom is 0.247 e. The number of aliphatic hydroxyl groups is 1. The molecule has 4 aromatic rings. The summed E-state index contributed by atoms with van der Waals surface area (Å²) in [6.07, 6.45) is 5.62. The van der Waals surface area contributed by atoms with Crippen LogP contribution in [-0.4, -0.2) is 30.3 Å². The van der Waals surface area contributed by atoms with Crippen LogP contribution < -0.4 is 0 Å². The fourth-order valence-corrected chi connectivity index (χ4v) is 6.03. The van der Waals surface area contributed by atoms with Crippen molar-refractivity contribution in [2.24, 2.45) is 5.41 Å². The lowest BCUT2D eigenvalue weighted by atomic mass is 9.66. The van der Waals surface area contributed by atoms with Crippen molar-refractivity contribution in [3.63, 3.8) is 0 Å². The van der Waals surface area contributed by atoms with Gasteiger partial charge >= 0.3 is 0 Å². The molecule has 0 amide bonds. The zero-order chi connectivity index (χ0) is 24.5. The summed E-state index contributed by atoms with van der Waals surface area (Å²) < 4.78 is 34.5. The Morgan fingerprint density at radius 3 is 2.57 bits per heavy atom. The van der Waals surface area contributed by atoms with Gasteiger partial charge < -0.3 is 9.52 Å². The third-order valence-electron chi connectivity index (χ3n) is 7.84. The molecule has 1 fully saturated rings. The van der Waals surface area contributed by atoms with E-state index in [9.17, 15) is 13.9 Å². The van der Waals surface area contributed by atoms with E-state index in [4.69, 9.17) is 9.40 Å². The first-order valence-electron chi connectivity index (χ1n) is 11.5. The van der Waals surface area contributed by atoms with Crippen molar-refractivity contribution < 1.29 is 18.3 Å². The monoisotopic (exact) mass is 475 g/mol. The zero-order valence-corrected chi connectivity index (χ0v) is 19.5. The summed E-state index contributed by atoms with van der Waals surface area (Å²) in [5.41, 5.74) is 2.44. The van der Waals surface area contributed by atoms with Crippen LogP contribution in [-0.2, 0) is 5.41 Å². The molecule has 0 unspecified atom stereocenters. The Morgan fingerprint density at radius 2 is 1.86 bits per heavy atom. The fourth-order valence-electron chi connectivity index (χ4n) is 6.03. The number of nitrogens with zero attached hydrogens (tertiary/aromatic N) is 5. The van der Waals surface area contributed by atoms with Crippen LogP contribution in [0, 0.1) is 17.0 Å². The molecular formula is C26H23F2N5O2. The second-order valence-corrected chi connectivity index (χ2v) is 9.89. The molecule has 1 N–H and O–H groups in total. The van der Waals surface area contributed by atoms with Crippen LogP contribution in [0.5, 0.6) is 0 Å². The molecule has 6 rings (SSSR count). The molecule has 0 radical (unpaired) electrons. The van der Waals surface area contributed by atoms with Crippen LogP contribution in [0.1, 0.15) is 68.3 Å². The van der Waals surface area contributed by atoms with E-state index in [0.717, 1.165) is 29.8 Å². The number of oxazole rings is 1. The standard InChI is InChI=1S/C26H23F2N5O2/c1-13(34)20-12-35-24(31-20)19-10-29-11-21(30-19)26-8-7-15(25(26,2)3)14-9-18(32-33-23(14)26)22-16(27)5-4-6-17(22)28/h4-6,9-13,15,34H,7-8H2,1-3H3/t13-,15-,26-/m0/s1. The predicted octanol–water partition coefficient (Wildman–Crippen LogP) is 5.12. The molecule has 0 aliphatic heterocycles. The van der Waals surface area contributed by atoms with Crippen LogP contribution in [0.2, 0.25) is 0 Å². The summed E-state index contributed by atoms with van der Waals surface area (Å²) in [6, 6.07) is 5.55. The van der Waals surface area contributed by atoms with Crippen LogP contribution in [0.15, 0.2) is 47.3 Å². The normalized spacial score (nSPS) is 22.9. The highest BCUT2D eigenvalue weighted by Crippen LogP contribution is 2.69. The highest BCUT2D eigenvalue weighted by atomic mass is 19.1. The smallest absolute Gasteiger partial charge is 0.247 e. The number of aliphatic hydroxyl groups excluding tert-OH is 1. The Labute approximate surface area is 200 Å². The lowest BCUT2D eigenvalue weighted by molar-refractivity contribution is 0.194. The summed E-state index contributed by atoms with van der Waals surface area (Å²) >= 11 is 0. The highest BCUT2D eigenvalue weighted by Gasteiger charge is 2.65. The van der Waals surface area contributed by atoms with Gasteiger partial charge in [0.25, 0.3) is 0 Å². The lowest BCUT2D eigenvalue weighted by Gasteiger charge is -2.37. The maximum absolute atomic E-state index is 14.5. The van der Waals surface area contributed by atoms with E-state index in [1.54, 1.807) is 25.4 Å². The molecule has 2 aliphatic carbocycles. The summed E-state index contributed by atoms with van der Waals surface area (Å²) in [5.74, 6) is -0.945. The van der Waals surface area contributed by atoms with Gasteiger partial charge in [0.05, 0.1) is 40.4 Å². The number of halogens is 2. The van der Waals surface area contributed by atoms with Crippen molar-refractivity contribution in [1.29, 1.82) is 0 Å². The molecule has 0 spiro atoms. The van der Waals surface area contributed by atoms with Crippen molar-refractivity contribution in [3.05, 3.63) is 77.2 Å². The van der Waals surface area contributed by atoms with Gasteiger partial charge in [0, 0.05) is 6.20 Å². The molecule has 2 aliphatic rings. The van der Waals surface area contributed by atoms with Gasteiger partial charge in [-0.25, -0.2) is 18.7 Å². The van der Waals surface area contributed by atoms with Gasteiger partial charge in [-0.3, -0.25) is 4.98 Å². The van der Waals surface area contributed by atoms with Gasteiger partial charge in [0.2, 0.25) is 5.89 Å². The molecule has 7 nitrogen and oxygen atoms in total. The molecule has 1 aromatic carbocycles. The van der Waals surface area contributed by atoms with Crippen molar-refractivity contribution in [2.45, 2.75) is 51.0 Å². The average molecular weight is 475 g/mol. The summed E-state index contributed by atoms with van der Waals surface area (Å²) in [4.78, 5) is 13.6. The third-order valence-corrected chi connectivity index (χ3v) is 7.84. The number of aromatic nitrogens is 5. The van der Waals surface area contributed by atoms with E-state index >= 15 is 0 Å². The minimum absolute atomic E-state index is 0.121. The first-order chi connectivity index (χ1) is 16.7. The van der Waals surface area contributed by atoms with Crippen molar-refractivity contribution in [1.82, 2.24) is 25.1 Å². The molecule has 178 valence electrons. The maximum atomic E-state index is 14.5. The largest absolute Gasteiger partial charge is 0.443 e. The number of hydrogen-bond donors (Lipinski definition) is 1. The third kappa shape index (κ3) is 2.94. The number of rotatable bonds is 4. The first kappa shape index (κ1) is 21.9. The Balaban J connectivity index is 1.49. The second-order valence-electron chi connectivity index (χ2n) is 9.89. The molecule has 9 heteroatoms. The molecule has 3 atom stereocenters. The number of fused-ring (bicyclic) bond motifs is 5. The summed E-state index contributed by atoms with van der Waals surface area (Å²) in [7, 11) is 0. The first-order valence-corrected chi connectivity index (χ1v) is 11.5. The van der Waals surface area contributed by atoms with E-state index in [-0.39, 0.29) is 28.5 Å². The molecule has 3 heterocycles. The Kier molecular flexibility index (Phi) is 4.67. The van der Waals surface area contributed by atoms with Gasteiger partial charge in [-0.05, 0) is 54.9 Å². The second kappa shape index (κ2) is 7.45. The van der Waals surface area contributed by atoms with Gasteiger partial charge in [0.1, 0.15) is 29.3 Å². The molecule has 35 heavy (non-hydrogen) atoms. The van der Waals surface area contributed by atoms with E-state index in [1.807, 2.05) is 0 Å². The summed E-state index contributed by atoms with van der Waals surface area (Å²) in [5, 5.41) is 18.6. The molecule has 3 aromatic heterocycles. The minimum atomic E-state index is -0.762. The topological polar surface area (TPSA) is 97.8 Å². The van der Waals surface area contributed by atoms with Crippen LogP contribution in [0.25, 0.3) is 22.8 Å². The highest BCUT2D eigenvalue weighted by molar-refractivity contribution is 5.64. The average Bonchev–Trinajstić information content (AvgIpc) is 3.48. The van der Waals surface area contributed by atoms with Gasteiger partial charge in [0.15, 0.2) is 0 Å². The van der Waals surface area contributed by atoms with Crippen LogP contribution >= 0.6 is 0 Å².